The standard InChI is InChI=1S/C11H17N3O/c12-9-2-1-5-14(7-9)11-4-3-10(8-15)13-6-11/h3-4,6,9,15H,1-2,5,7-8,12H2/t9-/m0/s1. The third kappa shape index (κ3) is 2.46. The lowest BCUT2D eigenvalue weighted by atomic mass is 10.1. The number of hydrogen-bond donors (Lipinski definition) is 2. The molecule has 4 heteroatoms. The normalized spacial score (nSPS) is 21.7. The molecule has 0 spiro atoms. The lowest BCUT2D eigenvalue weighted by molar-refractivity contribution is 0.277. The number of anilines is 1. The van der Waals surface area contributed by atoms with Crippen LogP contribution in [0.3, 0.4) is 0 Å². The van der Waals surface area contributed by atoms with Crippen LogP contribution in [0.5, 0.6) is 0 Å². The molecule has 0 saturated carbocycles. The van der Waals surface area contributed by atoms with Crippen LogP contribution >= 0.6 is 0 Å². The molecule has 1 aliphatic rings. The maximum absolute atomic E-state index is 8.88. The van der Waals surface area contributed by atoms with E-state index in [0.29, 0.717) is 5.69 Å². The van der Waals surface area contributed by atoms with Crippen molar-refractivity contribution in [3.63, 3.8) is 0 Å². The van der Waals surface area contributed by atoms with E-state index in [1.54, 1.807) is 0 Å². The van der Waals surface area contributed by atoms with Gasteiger partial charge in [0.25, 0.3) is 0 Å². The molecule has 0 radical (unpaired) electrons. The minimum absolute atomic E-state index is 0.000204. The average Bonchev–Trinajstić information content (AvgIpc) is 2.29. The summed E-state index contributed by atoms with van der Waals surface area (Å²) in [5, 5.41) is 8.88. The van der Waals surface area contributed by atoms with Crippen molar-refractivity contribution in [2.75, 3.05) is 18.0 Å². The van der Waals surface area contributed by atoms with Crippen molar-refractivity contribution in [2.45, 2.75) is 25.5 Å². The number of hydrogen-bond acceptors (Lipinski definition) is 4. The first-order valence-corrected chi connectivity index (χ1v) is 5.36. The zero-order valence-corrected chi connectivity index (χ0v) is 8.76. The van der Waals surface area contributed by atoms with Crippen LogP contribution in [0.15, 0.2) is 18.3 Å². The molecule has 82 valence electrons. The summed E-state index contributed by atoms with van der Waals surface area (Å²) in [6.45, 7) is 1.95. The van der Waals surface area contributed by atoms with Crippen LogP contribution in [0.2, 0.25) is 0 Å². The van der Waals surface area contributed by atoms with E-state index in [9.17, 15) is 0 Å². The Labute approximate surface area is 89.7 Å². The Bertz CT molecular complexity index is 312. The zero-order chi connectivity index (χ0) is 10.7. The second kappa shape index (κ2) is 4.59. The maximum Gasteiger partial charge on any atom is 0.0852 e. The highest BCUT2D eigenvalue weighted by Crippen LogP contribution is 2.18. The van der Waals surface area contributed by atoms with Crippen molar-refractivity contribution >= 4 is 5.69 Å². The van der Waals surface area contributed by atoms with Gasteiger partial charge in [-0.1, -0.05) is 0 Å². The number of aliphatic hydroxyl groups excluding tert-OH is 1. The van der Waals surface area contributed by atoms with Gasteiger partial charge in [-0.15, -0.1) is 0 Å². The summed E-state index contributed by atoms with van der Waals surface area (Å²) in [6.07, 6.45) is 4.06. The first-order valence-electron chi connectivity index (χ1n) is 5.36. The second-order valence-corrected chi connectivity index (χ2v) is 4.01. The zero-order valence-electron chi connectivity index (χ0n) is 8.76. The summed E-state index contributed by atoms with van der Waals surface area (Å²) in [5.74, 6) is 0. The highest BCUT2D eigenvalue weighted by atomic mass is 16.3. The van der Waals surface area contributed by atoms with Gasteiger partial charge < -0.3 is 15.7 Å². The molecule has 1 aliphatic heterocycles. The SMILES string of the molecule is N[C@H]1CCCN(c2ccc(CO)nc2)C1. The highest BCUT2D eigenvalue weighted by Gasteiger charge is 2.16. The van der Waals surface area contributed by atoms with Crippen LogP contribution in [0.4, 0.5) is 5.69 Å². The fourth-order valence-electron chi connectivity index (χ4n) is 1.94. The van der Waals surface area contributed by atoms with Gasteiger partial charge >= 0.3 is 0 Å². The lowest BCUT2D eigenvalue weighted by Gasteiger charge is -2.32. The number of piperidine rings is 1. The number of nitrogens with two attached hydrogens (primary N) is 1. The molecule has 1 saturated heterocycles. The van der Waals surface area contributed by atoms with Crippen molar-refractivity contribution in [1.29, 1.82) is 0 Å². The molecule has 1 fully saturated rings. The molecular weight excluding hydrogens is 190 g/mol. The van der Waals surface area contributed by atoms with E-state index < -0.39 is 0 Å². The molecule has 4 nitrogen and oxygen atoms in total. The van der Waals surface area contributed by atoms with Crippen LogP contribution in [0.1, 0.15) is 18.5 Å². The summed E-state index contributed by atoms with van der Waals surface area (Å²) in [4.78, 5) is 6.42. The topological polar surface area (TPSA) is 62.4 Å². The second-order valence-electron chi connectivity index (χ2n) is 4.01. The van der Waals surface area contributed by atoms with E-state index in [2.05, 4.69) is 9.88 Å². The maximum atomic E-state index is 8.88. The quantitative estimate of drug-likeness (QED) is 0.741. The Morgan fingerprint density at radius 3 is 3.00 bits per heavy atom. The Kier molecular flexibility index (Phi) is 3.18. The van der Waals surface area contributed by atoms with Crippen LogP contribution in [0, 0.1) is 0 Å². The fraction of sp³-hybridized carbons (Fsp3) is 0.545. The number of pyridine rings is 1. The van der Waals surface area contributed by atoms with Gasteiger partial charge in [0.15, 0.2) is 0 Å². The van der Waals surface area contributed by atoms with Gasteiger partial charge in [-0.05, 0) is 25.0 Å². The van der Waals surface area contributed by atoms with E-state index >= 15 is 0 Å². The molecule has 1 atom stereocenters. The average molecular weight is 207 g/mol. The van der Waals surface area contributed by atoms with Crippen LogP contribution in [-0.2, 0) is 6.61 Å². The molecule has 0 amide bonds. The third-order valence-corrected chi connectivity index (χ3v) is 2.79. The molecule has 2 heterocycles. The van der Waals surface area contributed by atoms with Gasteiger partial charge in [-0.25, -0.2) is 0 Å². The molecule has 1 aromatic heterocycles. The molecule has 2 rings (SSSR count). The molecular formula is C11H17N3O. The van der Waals surface area contributed by atoms with Gasteiger partial charge in [-0.2, -0.15) is 0 Å². The Morgan fingerprint density at radius 1 is 1.53 bits per heavy atom. The number of aliphatic hydroxyl groups is 1. The van der Waals surface area contributed by atoms with Crippen LogP contribution in [-0.4, -0.2) is 29.2 Å². The van der Waals surface area contributed by atoms with E-state index in [0.717, 1.165) is 31.6 Å². The first kappa shape index (κ1) is 10.4. The summed E-state index contributed by atoms with van der Waals surface area (Å²) in [7, 11) is 0. The van der Waals surface area contributed by atoms with E-state index in [1.165, 1.54) is 0 Å². The molecule has 0 unspecified atom stereocenters. The first-order chi connectivity index (χ1) is 7.29. The third-order valence-electron chi connectivity index (χ3n) is 2.79. The minimum atomic E-state index is -0.000204. The molecule has 0 aliphatic carbocycles. The number of rotatable bonds is 2. The van der Waals surface area contributed by atoms with E-state index in [4.69, 9.17) is 10.8 Å². The Morgan fingerprint density at radius 2 is 2.40 bits per heavy atom. The van der Waals surface area contributed by atoms with Gasteiger partial charge in [-0.3, -0.25) is 4.98 Å². The molecule has 3 N–H and O–H groups in total. The van der Waals surface area contributed by atoms with Gasteiger partial charge in [0.1, 0.15) is 0 Å². The van der Waals surface area contributed by atoms with Crippen molar-refractivity contribution < 1.29 is 5.11 Å². The van der Waals surface area contributed by atoms with Crippen molar-refractivity contribution in [3.05, 3.63) is 24.0 Å². The largest absolute Gasteiger partial charge is 0.390 e. The molecule has 0 bridgehead atoms. The predicted octanol–water partition coefficient (Wildman–Crippen LogP) is 0.501. The van der Waals surface area contributed by atoms with Crippen LogP contribution in [0.25, 0.3) is 0 Å². The van der Waals surface area contributed by atoms with Crippen molar-refractivity contribution in [2.24, 2.45) is 5.73 Å². The van der Waals surface area contributed by atoms with E-state index in [1.807, 2.05) is 18.3 Å². The van der Waals surface area contributed by atoms with Gasteiger partial charge in [0, 0.05) is 19.1 Å². The monoisotopic (exact) mass is 207 g/mol. The number of aromatic nitrogens is 1. The van der Waals surface area contributed by atoms with Crippen molar-refractivity contribution in [3.8, 4) is 0 Å². The van der Waals surface area contributed by atoms with Crippen LogP contribution < -0.4 is 10.6 Å². The molecule has 15 heavy (non-hydrogen) atoms. The Balaban J connectivity index is 2.07. The highest BCUT2D eigenvalue weighted by molar-refractivity contribution is 5.45. The Hall–Kier alpha value is -1.13. The summed E-state index contributed by atoms with van der Waals surface area (Å²) >= 11 is 0. The van der Waals surface area contributed by atoms with Gasteiger partial charge in [0.05, 0.1) is 24.2 Å². The van der Waals surface area contributed by atoms with Crippen molar-refractivity contribution in [1.82, 2.24) is 4.98 Å². The van der Waals surface area contributed by atoms with E-state index in [-0.39, 0.29) is 12.6 Å². The minimum Gasteiger partial charge on any atom is -0.390 e. The lowest BCUT2D eigenvalue weighted by Crippen LogP contribution is -2.42. The van der Waals surface area contributed by atoms with Gasteiger partial charge in [0.2, 0.25) is 0 Å². The fourth-order valence-corrected chi connectivity index (χ4v) is 1.94. The number of nitrogens with zero attached hydrogens (tertiary/aromatic N) is 2. The summed E-state index contributed by atoms with van der Waals surface area (Å²) in [5.41, 5.74) is 7.72. The summed E-state index contributed by atoms with van der Waals surface area (Å²) in [6, 6.07) is 4.13. The predicted molar refractivity (Wildman–Crippen MR) is 59.6 cm³/mol. The molecule has 1 aromatic rings. The smallest absolute Gasteiger partial charge is 0.0852 e. The molecule has 0 aromatic carbocycles. The summed E-state index contributed by atoms with van der Waals surface area (Å²) < 4.78 is 0.